The van der Waals surface area contributed by atoms with Crippen molar-refractivity contribution in [2.24, 2.45) is 0 Å². The molecule has 0 saturated heterocycles. The fraction of sp³-hybridized carbons (Fsp3) is 0.467. The zero-order valence-electron chi connectivity index (χ0n) is 13.6. The van der Waals surface area contributed by atoms with Crippen LogP contribution in [0.2, 0.25) is 0 Å². The maximum absolute atomic E-state index is 11.9. The van der Waals surface area contributed by atoms with Gasteiger partial charge in [-0.25, -0.2) is 9.36 Å². The van der Waals surface area contributed by atoms with Gasteiger partial charge in [-0.05, 0) is 32.4 Å². The topological polar surface area (TPSA) is 91.0 Å². The lowest BCUT2D eigenvalue weighted by Crippen LogP contribution is -2.34. The van der Waals surface area contributed by atoms with E-state index in [-0.39, 0.29) is 18.0 Å². The number of hydrogen-bond acceptors (Lipinski definition) is 5. The number of rotatable bonds is 7. The van der Waals surface area contributed by atoms with E-state index in [1.54, 1.807) is 17.9 Å². The van der Waals surface area contributed by atoms with Crippen molar-refractivity contribution in [1.29, 1.82) is 0 Å². The van der Waals surface area contributed by atoms with Crippen molar-refractivity contribution in [3.05, 3.63) is 39.9 Å². The van der Waals surface area contributed by atoms with Crippen LogP contribution in [0.5, 0.6) is 0 Å². The van der Waals surface area contributed by atoms with E-state index in [0.29, 0.717) is 19.0 Å². The van der Waals surface area contributed by atoms with Gasteiger partial charge in [0, 0.05) is 32.0 Å². The zero-order chi connectivity index (χ0) is 16.8. The van der Waals surface area contributed by atoms with Crippen LogP contribution in [-0.2, 0) is 16.1 Å². The second kappa shape index (κ2) is 7.68. The Morgan fingerprint density at radius 2 is 2.09 bits per heavy atom. The van der Waals surface area contributed by atoms with Gasteiger partial charge in [-0.2, -0.15) is 5.10 Å². The average Bonchev–Trinajstić information content (AvgIpc) is 2.85. The summed E-state index contributed by atoms with van der Waals surface area (Å²) in [5.74, 6) is 0.239. The Hall–Kier alpha value is -2.48. The lowest BCUT2D eigenvalue weighted by Gasteiger charge is -2.09. The van der Waals surface area contributed by atoms with Gasteiger partial charge in [0.05, 0.1) is 5.69 Å². The van der Waals surface area contributed by atoms with Crippen LogP contribution >= 0.6 is 0 Å². The van der Waals surface area contributed by atoms with E-state index in [9.17, 15) is 9.59 Å². The highest BCUT2D eigenvalue weighted by atomic mass is 16.5. The predicted octanol–water partition coefficient (Wildman–Crippen LogP) is 0.199. The summed E-state index contributed by atoms with van der Waals surface area (Å²) in [7, 11) is 1.61. The maximum atomic E-state index is 11.9. The lowest BCUT2D eigenvalue weighted by atomic mass is 10.4. The molecule has 0 unspecified atom stereocenters. The van der Waals surface area contributed by atoms with Gasteiger partial charge >= 0.3 is 0 Å². The van der Waals surface area contributed by atoms with Gasteiger partial charge in [0.15, 0.2) is 5.82 Å². The molecule has 0 spiro atoms. The van der Waals surface area contributed by atoms with E-state index in [2.05, 4.69) is 15.5 Å². The van der Waals surface area contributed by atoms with Crippen LogP contribution < -0.4 is 10.9 Å². The van der Waals surface area contributed by atoms with Gasteiger partial charge in [0.2, 0.25) is 5.91 Å². The quantitative estimate of drug-likeness (QED) is 0.736. The smallest absolute Gasteiger partial charge is 0.267 e. The molecule has 2 aromatic rings. The molecule has 8 heteroatoms. The van der Waals surface area contributed by atoms with Crippen molar-refractivity contribution in [2.45, 2.75) is 26.8 Å². The number of amides is 1. The van der Waals surface area contributed by atoms with Crippen molar-refractivity contribution < 1.29 is 9.53 Å². The Labute approximate surface area is 134 Å². The molecule has 0 saturated carbocycles. The van der Waals surface area contributed by atoms with Gasteiger partial charge in [0.1, 0.15) is 6.54 Å². The summed E-state index contributed by atoms with van der Waals surface area (Å²) >= 11 is 0. The number of carbonyl (C=O) groups is 1. The number of methoxy groups -OCH3 is 1. The summed E-state index contributed by atoms with van der Waals surface area (Å²) in [6, 6.07) is 4.89. The number of aromatic nitrogens is 4. The summed E-state index contributed by atoms with van der Waals surface area (Å²) in [5, 5.41) is 11.3. The number of aryl methyl sites for hydroxylation is 2. The van der Waals surface area contributed by atoms with Gasteiger partial charge in [-0.3, -0.25) is 9.59 Å². The molecular formula is C15H21N5O3. The molecule has 2 aromatic heterocycles. The summed E-state index contributed by atoms with van der Waals surface area (Å²) in [5.41, 5.74) is 1.43. The second-order valence-electron chi connectivity index (χ2n) is 5.22. The monoisotopic (exact) mass is 319 g/mol. The van der Waals surface area contributed by atoms with Crippen molar-refractivity contribution >= 4 is 5.91 Å². The normalized spacial score (nSPS) is 10.7. The zero-order valence-corrected chi connectivity index (χ0v) is 13.6. The van der Waals surface area contributed by atoms with Crippen LogP contribution in [-0.4, -0.2) is 45.7 Å². The second-order valence-corrected chi connectivity index (χ2v) is 5.22. The lowest BCUT2D eigenvalue weighted by molar-refractivity contribution is -0.121. The van der Waals surface area contributed by atoms with Crippen LogP contribution in [0.25, 0.3) is 5.82 Å². The molecule has 1 N–H and O–H groups in total. The molecule has 2 heterocycles. The fourth-order valence-electron chi connectivity index (χ4n) is 2.16. The minimum atomic E-state index is -0.331. The van der Waals surface area contributed by atoms with Crippen LogP contribution in [0, 0.1) is 13.8 Å². The molecule has 0 aliphatic rings. The molecule has 0 fully saturated rings. The SMILES string of the molecule is COCCCNC(=O)Cn1nc(-n2nc(C)cc2C)ccc1=O. The van der Waals surface area contributed by atoms with E-state index >= 15 is 0 Å². The summed E-state index contributed by atoms with van der Waals surface area (Å²) < 4.78 is 7.69. The molecule has 124 valence electrons. The first-order chi connectivity index (χ1) is 11.0. The molecule has 0 radical (unpaired) electrons. The molecular weight excluding hydrogens is 298 g/mol. The van der Waals surface area contributed by atoms with Gasteiger partial charge in [0.25, 0.3) is 5.56 Å². The summed E-state index contributed by atoms with van der Waals surface area (Å²) in [6.07, 6.45) is 0.719. The van der Waals surface area contributed by atoms with Crippen molar-refractivity contribution in [3.8, 4) is 5.82 Å². The van der Waals surface area contributed by atoms with Gasteiger partial charge < -0.3 is 10.1 Å². The largest absolute Gasteiger partial charge is 0.385 e. The highest BCUT2D eigenvalue weighted by Gasteiger charge is 2.09. The third-order valence-corrected chi connectivity index (χ3v) is 3.22. The first kappa shape index (κ1) is 16.9. The van der Waals surface area contributed by atoms with Crippen LogP contribution in [0.1, 0.15) is 17.8 Å². The van der Waals surface area contributed by atoms with Crippen molar-refractivity contribution in [1.82, 2.24) is 24.9 Å². The van der Waals surface area contributed by atoms with E-state index in [1.165, 1.54) is 6.07 Å². The molecule has 2 rings (SSSR count). The number of nitrogens with zero attached hydrogens (tertiary/aromatic N) is 4. The molecule has 1 amide bonds. The van der Waals surface area contributed by atoms with Crippen molar-refractivity contribution in [3.63, 3.8) is 0 Å². The Morgan fingerprint density at radius 3 is 2.74 bits per heavy atom. The molecule has 8 nitrogen and oxygen atoms in total. The minimum Gasteiger partial charge on any atom is -0.385 e. The van der Waals surface area contributed by atoms with E-state index in [0.717, 1.165) is 22.5 Å². The molecule has 0 bridgehead atoms. The van der Waals surface area contributed by atoms with Gasteiger partial charge in [-0.15, -0.1) is 5.10 Å². The highest BCUT2D eigenvalue weighted by molar-refractivity contribution is 5.75. The van der Waals surface area contributed by atoms with E-state index in [4.69, 9.17) is 4.74 Å². The minimum absolute atomic E-state index is 0.126. The molecule has 0 aliphatic carbocycles. The first-order valence-corrected chi connectivity index (χ1v) is 7.38. The standard InChI is InChI=1S/C15H21N5O3/c1-11-9-12(2)20(17-11)13-5-6-15(22)19(18-13)10-14(21)16-7-4-8-23-3/h5-6,9H,4,7-8,10H2,1-3H3,(H,16,21). The maximum Gasteiger partial charge on any atom is 0.267 e. The summed E-state index contributed by atoms with van der Waals surface area (Å²) in [6.45, 7) is 4.73. The number of carbonyl (C=O) groups excluding carboxylic acids is 1. The van der Waals surface area contributed by atoms with Crippen LogP contribution in [0.4, 0.5) is 0 Å². The Morgan fingerprint density at radius 1 is 1.30 bits per heavy atom. The number of ether oxygens (including phenoxy) is 1. The third kappa shape index (κ3) is 4.49. The highest BCUT2D eigenvalue weighted by Crippen LogP contribution is 2.07. The predicted molar refractivity (Wildman–Crippen MR) is 84.6 cm³/mol. The third-order valence-electron chi connectivity index (χ3n) is 3.22. The fourth-order valence-corrected chi connectivity index (χ4v) is 2.16. The first-order valence-electron chi connectivity index (χ1n) is 7.38. The Balaban J connectivity index is 2.10. The van der Waals surface area contributed by atoms with Crippen LogP contribution in [0.3, 0.4) is 0 Å². The van der Waals surface area contributed by atoms with Gasteiger partial charge in [-0.1, -0.05) is 0 Å². The molecule has 23 heavy (non-hydrogen) atoms. The van der Waals surface area contributed by atoms with Crippen molar-refractivity contribution in [2.75, 3.05) is 20.3 Å². The Bertz CT molecular complexity index is 735. The number of nitrogens with one attached hydrogen (secondary N) is 1. The Kier molecular flexibility index (Phi) is 5.64. The molecule has 0 aliphatic heterocycles. The summed E-state index contributed by atoms with van der Waals surface area (Å²) in [4.78, 5) is 23.7. The number of hydrogen-bond donors (Lipinski definition) is 1. The molecule has 0 atom stereocenters. The van der Waals surface area contributed by atoms with E-state index < -0.39 is 0 Å². The van der Waals surface area contributed by atoms with E-state index in [1.807, 2.05) is 19.9 Å². The molecule has 0 aromatic carbocycles. The average molecular weight is 319 g/mol. The van der Waals surface area contributed by atoms with Crippen LogP contribution in [0.15, 0.2) is 23.0 Å².